The lowest BCUT2D eigenvalue weighted by molar-refractivity contribution is 0.116. The monoisotopic (exact) mass is 341 g/mol. The van der Waals surface area contributed by atoms with E-state index < -0.39 is 0 Å². The summed E-state index contributed by atoms with van der Waals surface area (Å²) in [6, 6.07) is 11.0. The lowest BCUT2D eigenvalue weighted by Gasteiger charge is -2.26. The van der Waals surface area contributed by atoms with Crippen LogP contribution in [0.15, 0.2) is 36.5 Å². The molecule has 2 aromatic rings. The highest BCUT2D eigenvalue weighted by Gasteiger charge is 2.24. The zero-order valence-corrected chi connectivity index (χ0v) is 15.7. The Morgan fingerprint density at radius 1 is 1.12 bits per heavy atom. The van der Waals surface area contributed by atoms with E-state index in [1.807, 2.05) is 6.07 Å². The molecule has 0 unspecified atom stereocenters. The molecule has 1 saturated carbocycles. The average molecular weight is 341 g/mol. The summed E-state index contributed by atoms with van der Waals surface area (Å²) in [5.41, 5.74) is 3.76. The fourth-order valence-electron chi connectivity index (χ4n) is 3.61. The summed E-state index contributed by atoms with van der Waals surface area (Å²) >= 11 is 0. The minimum atomic E-state index is -0.100. The second-order valence-corrected chi connectivity index (χ2v) is 8.32. The van der Waals surface area contributed by atoms with Crippen LogP contribution >= 0.6 is 0 Å². The van der Waals surface area contributed by atoms with E-state index in [1.54, 1.807) is 0 Å². The second kappa shape index (κ2) is 7.71. The van der Waals surface area contributed by atoms with Crippen molar-refractivity contribution in [1.82, 2.24) is 15.1 Å². The molecule has 4 heteroatoms. The van der Waals surface area contributed by atoms with E-state index in [0.717, 1.165) is 38.8 Å². The van der Waals surface area contributed by atoms with Crippen LogP contribution in [0.25, 0.3) is 0 Å². The van der Waals surface area contributed by atoms with Gasteiger partial charge in [-0.1, -0.05) is 51.1 Å². The van der Waals surface area contributed by atoms with Gasteiger partial charge < -0.3 is 10.4 Å². The number of aliphatic hydroxyl groups excluding tert-OH is 1. The molecule has 1 aliphatic carbocycles. The molecule has 2 N–H and O–H groups in total. The van der Waals surface area contributed by atoms with Crippen molar-refractivity contribution in [3.8, 4) is 0 Å². The van der Waals surface area contributed by atoms with E-state index in [0.29, 0.717) is 6.04 Å². The van der Waals surface area contributed by atoms with Crippen molar-refractivity contribution in [3.63, 3.8) is 0 Å². The third-order valence-corrected chi connectivity index (χ3v) is 5.01. The summed E-state index contributed by atoms with van der Waals surface area (Å²) in [6.45, 7) is 8.33. The minimum Gasteiger partial charge on any atom is -0.393 e. The maximum atomic E-state index is 9.67. The molecule has 0 amide bonds. The van der Waals surface area contributed by atoms with E-state index in [1.165, 1.54) is 16.8 Å². The molecule has 0 aliphatic heterocycles. The number of aliphatic hydroxyl groups is 1. The van der Waals surface area contributed by atoms with Gasteiger partial charge in [0.25, 0.3) is 0 Å². The first kappa shape index (κ1) is 18.2. The molecule has 0 radical (unpaired) electrons. The lowest BCUT2D eigenvalue weighted by Crippen LogP contribution is -2.34. The molecule has 0 atom stereocenters. The number of benzene rings is 1. The van der Waals surface area contributed by atoms with Crippen molar-refractivity contribution >= 4 is 0 Å². The largest absolute Gasteiger partial charge is 0.393 e. The molecule has 25 heavy (non-hydrogen) atoms. The van der Waals surface area contributed by atoms with E-state index in [-0.39, 0.29) is 11.5 Å². The average Bonchev–Trinajstić information content (AvgIpc) is 2.98. The Morgan fingerprint density at radius 2 is 1.80 bits per heavy atom. The van der Waals surface area contributed by atoms with Crippen LogP contribution in [0.1, 0.15) is 63.3 Å². The summed E-state index contributed by atoms with van der Waals surface area (Å²) in [5, 5.41) is 18.2. The van der Waals surface area contributed by atoms with Crippen LogP contribution < -0.4 is 5.32 Å². The molecular weight excluding hydrogens is 310 g/mol. The number of hydrogen-bond donors (Lipinski definition) is 2. The second-order valence-electron chi connectivity index (χ2n) is 8.32. The van der Waals surface area contributed by atoms with Gasteiger partial charge in [-0.2, -0.15) is 5.10 Å². The maximum Gasteiger partial charge on any atom is 0.0723 e. The molecule has 1 aromatic carbocycles. The van der Waals surface area contributed by atoms with Crippen LogP contribution in [0.2, 0.25) is 0 Å². The first-order valence-electron chi connectivity index (χ1n) is 9.44. The number of rotatable bonds is 5. The van der Waals surface area contributed by atoms with Crippen LogP contribution in [-0.4, -0.2) is 27.0 Å². The molecule has 0 bridgehead atoms. The Labute approximate surface area is 151 Å². The summed E-state index contributed by atoms with van der Waals surface area (Å²) < 4.78 is 2.07. The van der Waals surface area contributed by atoms with Crippen molar-refractivity contribution in [2.75, 3.05) is 0 Å². The van der Waals surface area contributed by atoms with Gasteiger partial charge in [0, 0.05) is 29.8 Å². The summed E-state index contributed by atoms with van der Waals surface area (Å²) in [4.78, 5) is 0. The van der Waals surface area contributed by atoms with Gasteiger partial charge in [-0.05, 0) is 31.2 Å². The Morgan fingerprint density at radius 3 is 2.44 bits per heavy atom. The smallest absolute Gasteiger partial charge is 0.0723 e. The van der Waals surface area contributed by atoms with Gasteiger partial charge in [0.05, 0.1) is 18.3 Å². The lowest BCUT2D eigenvalue weighted by atomic mass is 9.89. The first-order valence-corrected chi connectivity index (χ1v) is 9.44. The molecule has 1 heterocycles. The van der Waals surface area contributed by atoms with Gasteiger partial charge in [-0.15, -0.1) is 0 Å². The van der Waals surface area contributed by atoms with Gasteiger partial charge in [-0.3, -0.25) is 4.68 Å². The molecule has 1 fully saturated rings. The molecule has 0 saturated heterocycles. The molecule has 3 rings (SSSR count). The van der Waals surface area contributed by atoms with Crippen molar-refractivity contribution < 1.29 is 5.11 Å². The van der Waals surface area contributed by atoms with Gasteiger partial charge in [-0.25, -0.2) is 0 Å². The van der Waals surface area contributed by atoms with E-state index >= 15 is 0 Å². The predicted molar refractivity (Wildman–Crippen MR) is 102 cm³/mol. The molecule has 1 aliphatic rings. The molecular formula is C21H31N3O. The van der Waals surface area contributed by atoms with E-state index in [9.17, 15) is 5.11 Å². The first-order chi connectivity index (χ1) is 11.9. The van der Waals surface area contributed by atoms with Crippen LogP contribution in [0, 0.1) is 0 Å². The number of nitrogens with zero attached hydrogens (tertiary/aromatic N) is 2. The SMILES string of the molecule is CC(C)(C)c1nn(Cc2ccccc2)cc1CNC1CCC(O)CC1. The third kappa shape index (κ3) is 4.93. The van der Waals surface area contributed by atoms with Crippen LogP contribution in [0.4, 0.5) is 0 Å². The van der Waals surface area contributed by atoms with E-state index in [4.69, 9.17) is 5.10 Å². The fraction of sp³-hybridized carbons (Fsp3) is 0.571. The normalized spacial score (nSPS) is 21.4. The summed E-state index contributed by atoms with van der Waals surface area (Å²) in [5.74, 6) is 0. The number of aromatic nitrogens is 2. The topological polar surface area (TPSA) is 50.1 Å². The molecule has 0 spiro atoms. The van der Waals surface area contributed by atoms with Crippen molar-refractivity contribution in [2.24, 2.45) is 0 Å². The zero-order chi connectivity index (χ0) is 17.9. The van der Waals surface area contributed by atoms with Crippen molar-refractivity contribution in [2.45, 2.75) is 77.1 Å². The standard InChI is InChI=1S/C21H31N3O/c1-21(2,3)20-17(13-22-18-9-11-19(25)12-10-18)15-24(23-20)14-16-7-5-4-6-8-16/h4-8,15,18-19,22,25H,9-14H2,1-3H3. The van der Waals surface area contributed by atoms with Crippen LogP contribution in [0.3, 0.4) is 0 Å². The highest BCUT2D eigenvalue weighted by molar-refractivity contribution is 5.25. The quantitative estimate of drug-likeness (QED) is 0.873. The predicted octanol–water partition coefficient (Wildman–Crippen LogP) is 3.62. The maximum absolute atomic E-state index is 9.67. The van der Waals surface area contributed by atoms with Crippen LogP contribution in [-0.2, 0) is 18.5 Å². The zero-order valence-electron chi connectivity index (χ0n) is 15.7. The number of hydrogen-bond acceptors (Lipinski definition) is 3. The molecule has 1 aromatic heterocycles. The Bertz CT molecular complexity index is 664. The molecule has 4 nitrogen and oxygen atoms in total. The molecule has 136 valence electrons. The van der Waals surface area contributed by atoms with Gasteiger partial charge in [0.2, 0.25) is 0 Å². The van der Waals surface area contributed by atoms with Gasteiger partial charge in [0.1, 0.15) is 0 Å². The fourth-order valence-corrected chi connectivity index (χ4v) is 3.61. The highest BCUT2D eigenvalue weighted by Crippen LogP contribution is 2.25. The van der Waals surface area contributed by atoms with Crippen molar-refractivity contribution in [3.05, 3.63) is 53.3 Å². The number of nitrogens with one attached hydrogen (secondary N) is 1. The minimum absolute atomic E-state index is 0.0295. The Hall–Kier alpha value is -1.65. The van der Waals surface area contributed by atoms with Gasteiger partial charge in [0.15, 0.2) is 0 Å². The Kier molecular flexibility index (Phi) is 5.60. The Balaban J connectivity index is 1.70. The van der Waals surface area contributed by atoms with Gasteiger partial charge >= 0.3 is 0 Å². The van der Waals surface area contributed by atoms with E-state index in [2.05, 4.69) is 61.2 Å². The highest BCUT2D eigenvalue weighted by atomic mass is 16.3. The van der Waals surface area contributed by atoms with Crippen molar-refractivity contribution in [1.29, 1.82) is 0 Å². The third-order valence-electron chi connectivity index (χ3n) is 5.01. The summed E-state index contributed by atoms with van der Waals surface area (Å²) in [7, 11) is 0. The summed E-state index contributed by atoms with van der Waals surface area (Å²) in [6.07, 6.45) is 6.04. The van der Waals surface area contributed by atoms with Crippen LogP contribution in [0.5, 0.6) is 0 Å².